The van der Waals surface area contributed by atoms with Crippen molar-refractivity contribution < 1.29 is 13.9 Å². The molecule has 134 valence electrons. The highest BCUT2D eigenvalue weighted by Gasteiger charge is 2.26. The van der Waals surface area contributed by atoms with Crippen LogP contribution in [-0.2, 0) is 11.2 Å². The van der Waals surface area contributed by atoms with Gasteiger partial charge < -0.3 is 14.2 Å². The normalized spacial score (nSPS) is 16.5. The van der Waals surface area contributed by atoms with E-state index in [1.54, 1.807) is 6.20 Å². The minimum atomic E-state index is -0.667. The van der Waals surface area contributed by atoms with Crippen LogP contribution in [0, 0.1) is 5.82 Å². The van der Waals surface area contributed by atoms with Crippen LogP contribution < -0.4 is 5.43 Å². The van der Waals surface area contributed by atoms with Gasteiger partial charge in [-0.2, -0.15) is 0 Å². The van der Waals surface area contributed by atoms with Crippen molar-refractivity contribution in [3.05, 3.63) is 43.9 Å². The monoisotopic (exact) mass is 410 g/mol. The van der Waals surface area contributed by atoms with E-state index in [4.69, 9.17) is 4.74 Å². The molecule has 2 aromatic rings. The number of ether oxygens (including phenoxy) is 1. The van der Waals surface area contributed by atoms with Gasteiger partial charge in [0, 0.05) is 24.2 Å². The van der Waals surface area contributed by atoms with Crippen LogP contribution in [0.1, 0.15) is 35.3 Å². The molecule has 1 aromatic carbocycles. The van der Waals surface area contributed by atoms with Crippen molar-refractivity contribution in [3.63, 3.8) is 0 Å². The molecule has 0 aliphatic carbocycles. The predicted octanol–water partition coefficient (Wildman–Crippen LogP) is 3.13. The average Bonchev–Trinajstić information content (AvgIpc) is 2.55. The van der Waals surface area contributed by atoms with Gasteiger partial charge >= 0.3 is 5.97 Å². The molecule has 5 nitrogen and oxygen atoms in total. The lowest BCUT2D eigenvalue weighted by molar-refractivity contribution is 0.0479. The second kappa shape index (κ2) is 6.88. The molecule has 3 rings (SSSR count). The van der Waals surface area contributed by atoms with Crippen LogP contribution in [0.3, 0.4) is 0 Å². The fourth-order valence-corrected chi connectivity index (χ4v) is 3.66. The predicted molar refractivity (Wildman–Crippen MR) is 97.7 cm³/mol. The summed E-state index contributed by atoms with van der Waals surface area (Å²) in [7, 11) is 3.74. The number of hydrogen-bond acceptors (Lipinski definition) is 4. The summed E-state index contributed by atoms with van der Waals surface area (Å²) < 4.78 is 21.7. The van der Waals surface area contributed by atoms with Crippen molar-refractivity contribution >= 4 is 32.8 Å². The highest BCUT2D eigenvalue weighted by atomic mass is 79.9. The van der Waals surface area contributed by atoms with Crippen molar-refractivity contribution in [1.29, 1.82) is 0 Å². The van der Waals surface area contributed by atoms with Crippen molar-refractivity contribution in [2.45, 2.75) is 25.8 Å². The van der Waals surface area contributed by atoms with E-state index in [0.717, 1.165) is 12.0 Å². The number of likely N-dealkylation sites (N-methyl/N-ethyl adjacent to an activating group) is 1. The van der Waals surface area contributed by atoms with Crippen LogP contribution in [0.2, 0.25) is 0 Å². The lowest BCUT2D eigenvalue weighted by Crippen LogP contribution is -2.27. The van der Waals surface area contributed by atoms with Crippen LogP contribution in [0.15, 0.2) is 21.5 Å². The maximum absolute atomic E-state index is 14.2. The minimum Gasteiger partial charge on any atom is -0.461 e. The van der Waals surface area contributed by atoms with Gasteiger partial charge in [0.25, 0.3) is 0 Å². The molecular formula is C18H20BrFN2O3. The number of aromatic nitrogens is 1. The van der Waals surface area contributed by atoms with Crippen LogP contribution >= 0.6 is 15.9 Å². The fraction of sp³-hybridized carbons (Fsp3) is 0.444. The van der Waals surface area contributed by atoms with E-state index < -0.39 is 17.2 Å². The van der Waals surface area contributed by atoms with Crippen LogP contribution in [0.25, 0.3) is 10.9 Å². The number of esters is 1. The summed E-state index contributed by atoms with van der Waals surface area (Å²) in [4.78, 5) is 27.0. The smallest absolute Gasteiger partial charge is 0.343 e. The summed E-state index contributed by atoms with van der Waals surface area (Å²) in [5.74, 6) is -1.15. The topological polar surface area (TPSA) is 51.5 Å². The molecule has 0 amide bonds. The van der Waals surface area contributed by atoms with E-state index in [1.165, 1.54) is 6.07 Å². The Hall–Kier alpha value is -1.73. The molecule has 0 N–H and O–H groups in total. The summed E-state index contributed by atoms with van der Waals surface area (Å²) in [6.45, 7) is 2.78. The molecular weight excluding hydrogens is 391 g/mol. The third kappa shape index (κ3) is 3.22. The van der Waals surface area contributed by atoms with E-state index in [-0.39, 0.29) is 23.6 Å². The lowest BCUT2D eigenvalue weighted by atomic mass is 9.96. The quantitative estimate of drug-likeness (QED) is 0.726. The molecule has 0 saturated carbocycles. The first kappa shape index (κ1) is 18.1. The Morgan fingerprint density at radius 1 is 1.48 bits per heavy atom. The molecule has 0 saturated heterocycles. The Balaban J connectivity index is 2.14. The Morgan fingerprint density at radius 2 is 2.20 bits per heavy atom. The average molecular weight is 411 g/mol. The van der Waals surface area contributed by atoms with Gasteiger partial charge in [-0.15, -0.1) is 0 Å². The maximum Gasteiger partial charge on any atom is 0.343 e. The van der Waals surface area contributed by atoms with Crippen LogP contribution in [0.4, 0.5) is 4.39 Å². The third-order valence-corrected chi connectivity index (χ3v) is 5.44. The molecule has 1 unspecified atom stereocenters. The second-order valence-electron chi connectivity index (χ2n) is 6.65. The zero-order valence-corrected chi connectivity index (χ0v) is 16.0. The van der Waals surface area contributed by atoms with E-state index in [9.17, 15) is 14.0 Å². The highest BCUT2D eigenvalue weighted by molar-refractivity contribution is 9.10. The maximum atomic E-state index is 14.2. The van der Waals surface area contributed by atoms with Crippen molar-refractivity contribution in [2.75, 3.05) is 27.2 Å². The Bertz CT molecular complexity index is 908. The summed E-state index contributed by atoms with van der Waals surface area (Å²) in [6.07, 6.45) is 3.05. The second-order valence-corrected chi connectivity index (χ2v) is 7.45. The van der Waals surface area contributed by atoms with E-state index in [2.05, 4.69) is 15.9 Å². The van der Waals surface area contributed by atoms with Gasteiger partial charge in [0.15, 0.2) is 0 Å². The number of carbonyl (C=O) groups excluding carboxylic acids is 1. The Labute approximate surface area is 153 Å². The summed E-state index contributed by atoms with van der Waals surface area (Å²) in [6, 6.07) is 1.32. The zero-order valence-electron chi connectivity index (χ0n) is 14.4. The fourth-order valence-electron chi connectivity index (χ4n) is 3.16. The SMILES string of the molecule is CC1CCc2c(Br)c(F)cc3c(=O)c(C(=O)OCCN(C)C)cn1c23. The van der Waals surface area contributed by atoms with Crippen molar-refractivity contribution in [2.24, 2.45) is 0 Å². The van der Waals surface area contributed by atoms with Crippen LogP contribution in [0.5, 0.6) is 0 Å². The molecule has 0 spiro atoms. The number of carbonyl (C=O) groups is 1. The number of nitrogens with zero attached hydrogens (tertiary/aromatic N) is 2. The minimum absolute atomic E-state index is 0.0484. The molecule has 0 radical (unpaired) electrons. The van der Waals surface area contributed by atoms with Crippen molar-refractivity contribution in [3.8, 4) is 0 Å². The third-order valence-electron chi connectivity index (χ3n) is 4.58. The van der Waals surface area contributed by atoms with Crippen molar-refractivity contribution in [1.82, 2.24) is 9.47 Å². The lowest BCUT2D eigenvalue weighted by Gasteiger charge is -2.27. The first-order valence-corrected chi connectivity index (χ1v) is 8.98. The summed E-state index contributed by atoms with van der Waals surface area (Å²) in [5.41, 5.74) is 0.940. The summed E-state index contributed by atoms with van der Waals surface area (Å²) >= 11 is 3.28. The molecule has 7 heteroatoms. The Morgan fingerprint density at radius 3 is 2.88 bits per heavy atom. The first-order chi connectivity index (χ1) is 11.8. The van der Waals surface area contributed by atoms with Gasteiger partial charge in [0.1, 0.15) is 18.0 Å². The van der Waals surface area contributed by atoms with Gasteiger partial charge in [-0.1, -0.05) is 0 Å². The number of aryl methyl sites for hydroxylation is 1. The number of halogens is 2. The van der Waals surface area contributed by atoms with E-state index in [1.807, 2.05) is 30.5 Å². The first-order valence-electron chi connectivity index (χ1n) is 8.18. The molecule has 1 atom stereocenters. The zero-order chi connectivity index (χ0) is 18.3. The molecule has 0 fully saturated rings. The summed E-state index contributed by atoms with van der Waals surface area (Å²) in [5, 5.41) is 0.226. The van der Waals surface area contributed by atoms with E-state index in [0.29, 0.717) is 23.0 Å². The van der Waals surface area contributed by atoms with Gasteiger partial charge in [0.05, 0.1) is 9.99 Å². The number of rotatable bonds is 4. The molecule has 1 aromatic heterocycles. The standard InChI is InChI=1S/C18H20BrFN2O3/c1-10-4-5-11-15(19)14(20)8-12-16(11)22(10)9-13(17(12)23)18(24)25-7-6-21(2)3/h8-10H,4-7H2,1-3H3. The number of benzene rings is 1. The number of hydrogen-bond donors (Lipinski definition) is 0. The number of pyridine rings is 1. The highest BCUT2D eigenvalue weighted by Crippen LogP contribution is 2.35. The molecule has 2 heterocycles. The molecule has 0 bridgehead atoms. The van der Waals surface area contributed by atoms with E-state index >= 15 is 0 Å². The molecule has 1 aliphatic heterocycles. The van der Waals surface area contributed by atoms with Gasteiger partial charge in [-0.3, -0.25) is 4.79 Å². The van der Waals surface area contributed by atoms with Crippen LogP contribution in [-0.4, -0.2) is 42.7 Å². The molecule has 25 heavy (non-hydrogen) atoms. The van der Waals surface area contributed by atoms with Gasteiger partial charge in [-0.05, 0) is 61.4 Å². The Kier molecular flexibility index (Phi) is 4.97. The van der Waals surface area contributed by atoms with Gasteiger partial charge in [0.2, 0.25) is 5.43 Å². The largest absolute Gasteiger partial charge is 0.461 e. The van der Waals surface area contributed by atoms with Gasteiger partial charge in [-0.25, -0.2) is 9.18 Å². The molecule has 1 aliphatic rings.